The van der Waals surface area contributed by atoms with Crippen LogP contribution in [0.4, 0.5) is 4.79 Å². The molecule has 0 bridgehead atoms. The molecule has 0 heterocycles. The fourth-order valence-electron chi connectivity index (χ4n) is 1.92. The first-order valence-electron chi connectivity index (χ1n) is 6.09. The normalized spacial score (nSPS) is 9.95. The summed E-state index contributed by atoms with van der Waals surface area (Å²) in [6.45, 7) is 3.48. The fourth-order valence-corrected chi connectivity index (χ4v) is 1.92. The quantitative estimate of drug-likeness (QED) is 0.862. The Morgan fingerprint density at radius 2 is 1.42 bits per heavy atom. The van der Waals surface area contributed by atoms with Crippen LogP contribution in [0.15, 0.2) is 73.4 Å². The highest BCUT2D eigenvalue weighted by atomic mass is 16.2. The number of benzene rings is 2. The summed E-state index contributed by atoms with van der Waals surface area (Å²) >= 11 is 0. The van der Waals surface area contributed by atoms with E-state index in [1.54, 1.807) is 0 Å². The van der Waals surface area contributed by atoms with E-state index in [1.165, 1.54) is 6.20 Å². The van der Waals surface area contributed by atoms with Crippen molar-refractivity contribution in [3.63, 3.8) is 0 Å². The first-order chi connectivity index (χ1) is 9.31. The standard InChI is InChI=1S/C16H16N2O/c1-2-17-16(19)18-15(13-9-5-3-6-10-13)14-11-7-4-8-12-14/h2-12,15H,1H2,(H2,17,18,19). The molecular formula is C16H16N2O. The molecule has 0 spiro atoms. The molecule has 19 heavy (non-hydrogen) atoms. The Morgan fingerprint density at radius 3 is 1.84 bits per heavy atom. The van der Waals surface area contributed by atoms with Crippen molar-refractivity contribution in [3.8, 4) is 0 Å². The van der Waals surface area contributed by atoms with Crippen LogP contribution in [-0.4, -0.2) is 6.03 Å². The molecule has 0 saturated carbocycles. The van der Waals surface area contributed by atoms with Crippen LogP contribution in [0.25, 0.3) is 0 Å². The molecule has 0 aliphatic rings. The molecule has 0 aliphatic heterocycles. The number of nitrogens with one attached hydrogen (secondary N) is 2. The van der Waals surface area contributed by atoms with Gasteiger partial charge in [-0.05, 0) is 17.3 Å². The smallest absolute Gasteiger partial charge is 0.319 e. The van der Waals surface area contributed by atoms with Gasteiger partial charge in [-0.25, -0.2) is 4.79 Å². The van der Waals surface area contributed by atoms with Gasteiger partial charge in [0.15, 0.2) is 0 Å². The fraction of sp³-hybridized carbons (Fsp3) is 0.0625. The predicted molar refractivity (Wildman–Crippen MR) is 76.6 cm³/mol. The highest BCUT2D eigenvalue weighted by Crippen LogP contribution is 2.21. The lowest BCUT2D eigenvalue weighted by atomic mass is 9.99. The molecule has 0 fully saturated rings. The molecule has 2 aromatic rings. The summed E-state index contributed by atoms with van der Waals surface area (Å²) in [7, 11) is 0. The maximum absolute atomic E-state index is 11.7. The average Bonchev–Trinajstić information content (AvgIpc) is 2.47. The average molecular weight is 252 g/mol. The van der Waals surface area contributed by atoms with Crippen molar-refractivity contribution in [1.82, 2.24) is 10.6 Å². The van der Waals surface area contributed by atoms with Crippen LogP contribution in [0.3, 0.4) is 0 Å². The molecule has 0 saturated heterocycles. The van der Waals surface area contributed by atoms with E-state index in [0.717, 1.165) is 11.1 Å². The van der Waals surface area contributed by atoms with Gasteiger partial charge in [0.1, 0.15) is 0 Å². The zero-order valence-electron chi connectivity index (χ0n) is 10.5. The number of rotatable bonds is 4. The van der Waals surface area contributed by atoms with Crippen LogP contribution in [0.1, 0.15) is 17.2 Å². The first kappa shape index (κ1) is 12.9. The Hall–Kier alpha value is -2.55. The van der Waals surface area contributed by atoms with Gasteiger partial charge in [0, 0.05) is 0 Å². The Morgan fingerprint density at radius 1 is 0.947 bits per heavy atom. The number of carbonyl (C=O) groups is 1. The molecule has 2 rings (SSSR count). The lowest BCUT2D eigenvalue weighted by molar-refractivity contribution is 0.242. The van der Waals surface area contributed by atoms with Gasteiger partial charge in [-0.1, -0.05) is 67.2 Å². The summed E-state index contributed by atoms with van der Waals surface area (Å²) in [6, 6.07) is 19.3. The topological polar surface area (TPSA) is 41.1 Å². The molecular weight excluding hydrogens is 236 g/mol. The maximum Gasteiger partial charge on any atom is 0.319 e. The molecule has 0 radical (unpaired) electrons. The third-order valence-corrected chi connectivity index (χ3v) is 2.77. The Bertz CT molecular complexity index is 498. The molecule has 2 aromatic carbocycles. The van der Waals surface area contributed by atoms with Crippen LogP contribution < -0.4 is 10.6 Å². The lowest BCUT2D eigenvalue weighted by Gasteiger charge is -2.19. The third kappa shape index (κ3) is 3.45. The summed E-state index contributed by atoms with van der Waals surface area (Å²) in [5, 5.41) is 5.46. The van der Waals surface area contributed by atoms with Crippen molar-refractivity contribution in [3.05, 3.63) is 84.6 Å². The van der Waals surface area contributed by atoms with Crippen LogP contribution in [0.2, 0.25) is 0 Å². The molecule has 96 valence electrons. The summed E-state index contributed by atoms with van der Waals surface area (Å²) < 4.78 is 0. The van der Waals surface area contributed by atoms with Gasteiger partial charge < -0.3 is 10.6 Å². The van der Waals surface area contributed by atoms with Gasteiger partial charge in [0.2, 0.25) is 0 Å². The molecule has 2 amide bonds. The number of amides is 2. The maximum atomic E-state index is 11.7. The second kappa shape index (κ2) is 6.40. The van der Waals surface area contributed by atoms with E-state index < -0.39 is 0 Å². The highest BCUT2D eigenvalue weighted by molar-refractivity contribution is 5.75. The molecule has 0 aromatic heterocycles. The van der Waals surface area contributed by atoms with Crippen molar-refractivity contribution >= 4 is 6.03 Å². The number of hydrogen-bond acceptors (Lipinski definition) is 1. The molecule has 3 heteroatoms. The summed E-state index contributed by atoms with van der Waals surface area (Å²) in [5.74, 6) is 0. The summed E-state index contributed by atoms with van der Waals surface area (Å²) in [6.07, 6.45) is 1.36. The molecule has 3 nitrogen and oxygen atoms in total. The van der Waals surface area contributed by atoms with Crippen molar-refractivity contribution in [2.75, 3.05) is 0 Å². The largest absolute Gasteiger partial charge is 0.327 e. The van der Waals surface area contributed by atoms with Crippen molar-refractivity contribution in [2.24, 2.45) is 0 Å². The second-order valence-electron chi connectivity index (χ2n) is 4.08. The second-order valence-corrected chi connectivity index (χ2v) is 4.08. The molecule has 0 unspecified atom stereocenters. The van der Waals surface area contributed by atoms with Crippen molar-refractivity contribution in [2.45, 2.75) is 6.04 Å². The van der Waals surface area contributed by atoms with E-state index in [0.29, 0.717) is 0 Å². The summed E-state index contributed by atoms with van der Waals surface area (Å²) in [5.41, 5.74) is 2.07. The van der Waals surface area contributed by atoms with Crippen molar-refractivity contribution < 1.29 is 4.79 Å². The Balaban J connectivity index is 2.29. The minimum absolute atomic E-state index is 0.178. The monoisotopic (exact) mass is 252 g/mol. The van der Waals surface area contributed by atoms with E-state index in [4.69, 9.17) is 0 Å². The number of urea groups is 1. The molecule has 2 N–H and O–H groups in total. The van der Waals surface area contributed by atoms with Crippen molar-refractivity contribution in [1.29, 1.82) is 0 Å². The van der Waals surface area contributed by atoms with Crippen LogP contribution in [-0.2, 0) is 0 Å². The Kier molecular flexibility index (Phi) is 4.34. The first-order valence-corrected chi connectivity index (χ1v) is 6.09. The number of hydrogen-bond donors (Lipinski definition) is 2. The van der Waals surface area contributed by atoms with Gasteiger partial charge in [-0.15, -0.1) is 0 Å². The SMILES string of the molecule is C=CNC(=O)NC(c1ccccc1)c1ccccc1. The van der Waals surface area contributed by atoms with E-state index in [2.05, 4.69) is 17.2 Å². The van der Waals surface area contributed by atoms with E-state index >= 15 is 0 Å². The Labute approximate surface area is 113 Å². The van der Waals surface area contributed by atoms with Gasteiger partial charge in [0.05, 0.1) is 6.04 Å². The minimum atomic E-state index is -0.271. The highest BCUT2D eigenvalue weighted by Gasteiger charge is 2.15. The van der Waals surface area contributed by atoms with Gasteiger partial charge in [0.25, 0.3) is 0 Å². The van der Waals surface area contributed by atoms with Crippen LogP contribution >= 0.6 is 0 Å². The third-order valence-electron chi connectivity index (χ3n) is 2.77. The van der Waals surface area contributed by atoms with Gasteiger partial charge in [-0.2, -0.15) is 0 Å². The molecule has 0 aliphatic carbocycles. The number of carbonyl (C=O) groups excluding carboxylic acids is 1. The molecule has 0 atom stereocenters. The predicted octanol–water partition coefficient (Wildman–Crippen LogP) is 3.22. The zero-order valence-corrected chi connectivity index (χ0v) is 10.5. The van der Waals surface area contributed by atoms with E-state index in [-0.39, 0.29) is 12.1 Å². The van der Waals surface area contributed by atoms with Gasteiger partial charge in [-0.3, -0.25) is 0 Å². The zero-order chi connectivity index (χ0) is 13.5. The van der Waals surface area contributed by atoms with Crippen LogP contribution in [0.5, 0.6) is 0 Å². The lowest BCUT2D eigenvalue weighted by Crippen LogP contribution is -2.35. The summed E-state index contributed by atoms with van der Waals surface area (Å²) in [4.78, 5) is 11.7. The van der Waals surface area contributed by atoms with E-state index in [9.17, 15) is 4.79 Å². The van der Waals surface area contributed by atoms with E-state index in [1.807, 2.05) is 60.7 Å². The minimum Gasteiger partial charge on any atom is -0.327 e. The van der Waals surface area contributed by atoms with Crippen LogP contribution in [0, 0.1) is 0 Å². The van der Waals surface area contributed by atoms with Gasteiger partial charge >= 0.3 is 6.03 Å².